The minimum Gasteiger partial charge on any atom is -0.495 e. The van der Waals surface area contributed by atoms with E-state index in [1.807, 2.05) is 19.1 Å². The molecule has 8 heteroatoms. The second-order valence-corrected chi connectivity index (χ2v) is 8.70. The Hall–Kier alpha value is -3.39. The van der Waals surface area contributed by atoms with Crippen LogP contribution in [0.1, 0.15) is 29.8 Å². The van der Waals surface area contributed by atoms with Crippen molar-refractivity contribution < 1.29 is 22.3 Å². The van der Waals surface area contributed by atoms with Crippen LogP contribution in [0.3, 0.4) is 0 Å². The summed E-state index contributed by atoms with van der Waals surface area (Å²) in [4.78, 5) is 14.4. The lowest BCUT2D eigenvalue weighted by Gasteiger charge is -2.22. The number of hydrogen-bond donors (Lipinski definition) is 1. The number of carbonyl (C=O) groups excluding carboxylic acids is 1. The molecule has 0 saturated heterocycles. The maximum atomic E-state index is 13.3. The van der Waals surface area contributed by atoms with Crippen molar-refractivity contribution in [2.45, 2.75) is 25.2 Å². The van der Waals surface area contributed by atoms with E-state index in [9.17, 15) is 17.6 Å². The fraction of sp³-hybridized carbons (Fsp3) is 0.208. The summed E-state index contributed by atoms with van der Waals surface area (Å²) in [5.74, 6) is -0.706. The smallest absolute Gasteiger partial charge is 0.265 e. The first-order valence-corrected chi connectivity index (χ1v) is 11.6. The maximum Gasteiger partial charge on any atom is 0.265 e. The molecule has 3 rings (SSSR count). The van der Waals surface area contributed by atoms with Crippen molar-refractivity contribution in [3.63, 3.8) is 0 Å². The molecule has 32 heavy (non-hydrogen) atoms. The normalized spacial score (nSPS) is 11.1. The van der Waals surface area contributed by atoms with Gasteiger partial charge in [-0.25, -0.2) is 12.8 Å². The summed E-state index contributed by atoms with van der Waals surface area (Å²) in [5.41, 5.74) is 2.16. The molecule has 0 saturated carbocycles. The first kappa shape index (κ1) is 23.3. The Kier molecular flexibility index (Phi) is 7.15. The van der Waals surface area contributed by atoms with Crippen LogP contribution >= 0.6 is 0 Å². The molecule has 0 atom stereocenters. The van der Waals surface area contributed by atoms with Gasteiger partial charge in [-0.1, -0.05) is 19.1 Å². The molecular weight excluding hydrogens is 431 g/mol. The minimum absolute atomic E-state index is 0.115. The van der Waals surface area contributed by atoms with Crippen LogP contribution in [-0.2, 0) is 16.4 Å². The monoisotopic (exact) mass is 456 g/mol. The van der Waals surface area contributed by atoms with Crippen LogP contribution in [0, 0.1) is 5.82 Å². The van der Waals surface area contributed by atoms with Crippen molar-refractivity contribution in [2.75, 3.05) is 23.3 Å². The molecule has 0 spiro atoms. The van der Waals surface area contributed by atoms with E-state index < -0.39 is 21.7 Å². The van der Waals surface area contributed by atoms with Crippen LogP contribution in [0.2, 0.25) is 0 Å². The fourth-order valence-electron chi connectivity index (χ4n) is 3.26. The number of ether oxygens (including phenoxy) is 1. The van der Waals surface area contributed by atoms with E-state index in [2.05, 4.69) is 4.72 Å². The van der Waals surface area contributed by atoms with Gasteiger partial charge in [0.1, 0.15) is 16.5 Å². The zero-order valence-electron chi connectivity index (χ0n) is 18.1. The predicted molar refractivity (Wildman–Crippen MR) is 123 cm³/mol. The van der Waals surface area contributed by atoms with Gasteiger partial charge in [-0.05, 0) is 73.5 Å². The molecule has 1 N–H and O–H groups in total. The van der Waals surface area contributed by atoms with Gasteiger partial charge in [0.2, 0.25) is 0 Å². The van der Waals surface area contributed by atoms with Crippen LogP contribution in [0.4, 0.5) is 15.8 Å². The summed E-state index contributed by atoms with van der Waals surface area (Å²) >= 11 is 0. The van der Waals surface area contributed by atoms with Gasteiger partial charge in [-0.2, -0.15) is 0 Å². The van der Waals surface area contributed by atoms with E-state index in [4.69, 9.17) is 4.74 Å². The third-order valence-electron chi connectivity index (χ3n) is 5.01. The molecule has 0 aromatic heterocycles. The highest BCUT2D eigenvalue weighted by molar-refractivity contribution is 7.92. The van der Waals surface area contributed by atoms with Gasteiger partial charge in [-0.3, -0.25) is 9.52 Å². The van der Waals surface area contributed by atoms with Crippen molar-refractivity contribution in [1.82, 2.24) is 0 Å². The standard InChI is InChI=1S/C24H25FN2O4S/c1-4-17-6-11-20(12-7-17)26-32(29,30)23-16-18(8-15-22(23)31-3)24(28)27(5-2)21-13-9-19(25)10-14-21/h6-16,26H,4-5H2,1-3H3. The summed E-state index contributed by atoms with van der Waals surface area (Å²) in [7, 11) is -2.67. The number of aryl methyl sites for hydroxylation is 1. The molecule has 0 aliphatic carbocycles. The number of nitrogens with one attached hydrogen (secondary N) is 1. The molecule has 3 aromatic rings. The largest absolute Gasteiger partial charge is 0.495 e. The number of rotatable bonds is 8. The van der Waals surface area contributed by atoms with Gasteiger partial charge < -0.3 is 9.64 Å². The van der Waals surface area contributed by atoms with Gasteiger partial charge in [-0.15, -0.1) is 0 Å². The second kappa shape index (κ2) is 9.82. The molecule has 0 unspecified atom stereocenters. The number of halogens is 1. The number of amides is 1. The summed E-state index contributed by atoms with van der Waals surface area (Å²) < 4.78 is 47.2. The average molecular weight is 457 g/mol. The van der Waals surface area contributed by atoms with Crippen molar-refractivity contribution in [2.24, 2.45) is 0 Å². The van der Waals surface area contributed by atoms with E-state index in [1.165, 1.54) is 54.5 Å². The van der Waals surface area contributed by atoms with Crippen LogP contribution < -0.4 is 14.4 Å². The number of carbonyl (C=O) groups is 1. The summed E-state index contributed by atoms with van der Waals surface area (Å²) in [6.45, 7) is 4.11. The summed E-state index contributed by atoms with van der Waals surface area (Å²) in [6.07, 6.45) is 0.840. The minimum atomic E-state index is -4.03. The fourth-order valence-corrected chi connectivity index (χ4v) is 4.51. The number of sulfonamides is 1. The lowest BCUT2D eigenvalue weighted by molar-refractivity contribution is 0.0988. The molecule has 0 heterocycles. The van der Waals surface area contributed by atoms with Crippen LogP contribution in [0.5, 0.6) is 5.75 Å². The Bertz CT molecular complexity index is 1190. The Morgan fingerprint density at radius 2 is 1.66 bits per heavy atom. The molecule has 0 bridgehead atoms. The molecule has 0 fully saturated rings. The number of hydrogen-bond acceptors (Lipinski definition) is 4. The molecule has 0 aliphatic rings. The number of anilines is 2. The zero-order chi connectivity index (χ0) is 23.3. The quantitative estimate of drug-likeness (QED) is 0.525. The first-order chi connectivity index (χ1) is 15.3. The van der Waals surface area contributed by atoms with Crippen LogP contribution in [-0.4, -0.2) is 28.0 Å². The van der Waals surface area contributed by atoms with Gasteiger partial charge in [0.15, 0.2) is 0 Å². The molecule has 0 aliphatic heterocycles. The second-order valence-electron chi connectivity index (χ2n) is 7.05. The van der Waals surface area contributed by atoms with Crippen LogP contribution in [0.25, 0.3) is 0 Å². The number of methoxy groups -OCH3 is 1. The average Bonchev–Trinajstić information content (AvgIpc) is 2.80. The van der Waals surface area contributed by atoms with E-state index in [1.54, 1.807) is 19.1 Å². The van der Waals surface area contributed by atoms with Gasteiger partial charge in [0.25, 0.3) is 15.9 Å². The van der Waals surface area contributed by atoms with E-state index >= 15 is 0 Å². The highest BCUT2D eigenvalue weighted by atomic mass is 32.2. The van der Waals surface area contributed by atoms with Gasteiger partial charge in [0, 0.05) is 23.5 Å². The number of benzene rings is 3. The van der Waals surface area contributed by atoms with Crippen LogP contribution in [0.15, 0.2) is 71.6 Å². The zero-order valence-corrected chi connectivity index (χ0v) is 18.9. The van der Waals surface area contributed by atoms with Crippen molar-refractivity contribution in [1.29, 1.82) is 0 Å². The molecule has 0 radical (unpaired) electrons. The van der Waals surface area contributed by atoms with Crippen molar-refractivity contribution in [3.05, 3.63) is 83.7 Å². The number of nitrogens with zero attached hydrogens (tertiary/aromatic N) is 1. The van der Waals surface area contributed by atoms with Crippen molar-refractivity contribution in [3.8, 4) is 5.75 Å². The highest BCUT2D eigenvalue weighted by Gasteiger charge is 2.24. The predicted octanol–water partition coefficient (Wildman–Crippen LogP) is 4.86. The van der Waals surface area contributed by atoms with E-state index in [0.29, 0.717) is 17.9 Å². The maximum absolute atomic E-state index is 13.3. The Balaban J connectivity index is 1.96. The molecule has 168 valence electrons. The highest BCUT2D eigenvalue weighted by Crippen LogP contribution is 2.28. The Morgan fingerprint density at radius 1 is 1.00 bits per heavy atom. The van der Waals surface area contributed by atoms with Gasteiger partial charge in [0.05, 0.1) is 7.11 Å². The SMILES string of the molecule is CCc1ccc(NS(=O)(=O)c2cc(C(=O)N(CC)c3ccc(F)cc3)ccc2OC)cc1. The molecule has 3 aromatic carbocycles. The molecular formula is C24H25FN2O4S. The third-order valence-corrected chi connectivity index (χ3v) is 6.42. The third kappa shape index (κ3) is 5.08. The lowest BCUT2D eigenvalue weighted by Crippen LogP contribution is -2.30. The first-order valence-electron chi connectivity index (χ1n) is 10.2. The summed E-state index contributed by atoms with van der Waals surface area (Å²) in [6, 6.07) is 16.8. The molecule has 6 nitrogen and oxygen atoms in total. The van der Waals surface area contributed by atoms with E-state index in [0.717, 1.165) is 12.0 Å². The Labute approximate surface area is 187 Å². The topological polar surface area (TPSA) is 75.7 Å². The van der Waals surface area contributed by atoms with Crippen molar-refractivity contribution >= 4 is 27.3 Å². The summed E-state index contributed by atoms with van der Waals surface area (Å²) in [5, 5.41) is 0. The Morgan fingerprint density at radius 3 is 2.22 bits per heavy atom. The molecule has 1 amide bonds. The van der Waals surface area contributed by atoms with E-state index in [-0.39, 0.29) is 16.2 Å². The lowest BCUT2D eigenvalue weighted by atomic mass is 10.1. The van der Waals surface area contributed by atoms with Gasteiger partial charge >= 0.3 is 0 Å².